The van der Waals surface area contributed by atoms with Gasteiger partial charge in [0.25, 0.3) is 5.91 Å². The van der Waals surface area contributed by atoms with Gasteiger partial charge in [0, 0.05) is 5.02 Å². The van der Waals surface area contributed by atoms with Crippen LogP contribution >= 0.6 is 11.6 Å². The van der Waals surface area contributed by atoms with E-state index in [-0.39, 0.29) is 12.3 Å². The number of esters is 1. The lowest BCUT2D eigenvalue weighted by Crippen LogP contribution is -2.48. The van der Waals surface area contributed by atoms with Crippen LogP contribution in [-0.2, 0) is 24.7 Å². The summed E-state index contributed by atoms with van der Waals surface area (Å²) in [7, 11) is 0. The van der Waals surface area contributed by atoms with Gasteiger partial charge in [0.2, 0.25) is 5.91 Å². The van der Waals surface area contributed by atoms with Crippen molar-refractivity contribution in [2.24, 2.45) is 11.0 Å². The van der Waals surface area contributed by atoms with Crippen LogP contribution in [0.3, 0.4) is 0 Å². The van der Waals surface area contributed by atoms with Gasteiger partial charge < -0.3 is 4.74 Å². The highest BCUT2D eigenvalue weighted by Gasteiger charge is 2.67. The van der Waals surface area contributed by atoms with E-state index in [1.54, 1.807) is 43.3 Å². The number of ether oxygens (including phenoxy) is 1. The highest BCUT2D eigenvalue weighted by Crippen LogP contribution is 2.45. The number of amides is 2. The number of carbonyl (C=O) groups is 3. The second-order valence-electron chi connectivity index (χ2n) is 6.89. The van der Waals surface area contributed by atoms with Gasteiger partial charge in [-0.05, 0) is 43.7 Å². The van der Waals surface area contributed by atoms with E-state index in [2.05, 4.69) is 10.5 Å². The van der Waals surface area contributed by atoms with Gasteiger partial charge in [0.15, 0.2) is 11.3 Å². The maximum Gasteiger partial charge on any atom is 0.355 e. The highest BCUT2D eigenvalue weighted by molar-refractivity contribution is 6.47. The Labute approximate surface area is 172 Å². The van der Waals surface area contributed by atoms with E-state index >= 15 is 0 Å². The summed E-state index contributed by atoms with van der Waals surface area (Å²) in [4.78, 5) is 40.5. The van der Waals surface area contributed by atoms with E-state index in [1.165, 1.54) is 0 Å². The first-order valence-corrected chi connectivity index (χ1v) is 9.51. The number of rotatable bonds is 4. The second kappa shape index (κ2) is 7.00. The molecule has 2 aromatic rings. The van der Waals surface area contributed by atoms with Gasteiger partial charge in [-0.1, -0.05) is 41.4 Å². The first kappa shape index (κ1) is 19.1. The molecule has 1 N–H and O–H groups in total. The van der Waals surface area contributed by atoms with Crippen LogP contribution in [0.15, 0.2) is 53.6 Å². The Balaban J connectivity index is 1.86. The minimum atomic E-state index is -1.51. The van der Waals surface area contributed by atoms with Crippen LogP contribution in [0.2, 0.25) is 5.02 Å². The zero-order valence-electron chi connectivity index (χ0n) is 15.8. The molecule has 2 aliphatic rings. The number of carbonyl (C=O) groups excluding carboxylic acids is 3. The Kier molecular flexibility index (Phi) is 4.62. The van der Waals surface area contributed by atoms with Crippen LogP contribution in [0, 0.1) is 12.8 Å². The lowest BCUT2D eigenvalue weighted by atomic mass is 9.78. The molecule has 0 aliphatic carbocycles. The molecule has 0 saturated carbocycles. The standard InChI is InChI=1S/C21H18ClN3O4/c1-3-29-19(27)17-16-18(26)25(15-10-8-14(22)9-11-15)20(28)21(16,24-23-17)13-6-4-12(2)5-7-13/h4-11,16,24H,3H2,1-2H3/t16-,21+/m0/s1. The predicted octanol–water partition coefficient (Wildman–Crippen LogP) is 2.56. The molecule has 0 bridgehead atoms. The number of hydrazone groups is 1. The van der Waals surface area contributed by atoms with E-state index in [1.807, 2.05) is 19.1 Å². The molecule has 1 fully saturated rings. The molecule has 0 aromatic heterocycles. The van der Waals surface area contributed by atoms with Crippen LogP contribution in [-0.4, -0.2) is 30.1 Å². The Hall–Kier alpha value is -3.19. The highest BCUT2D eigenvalue weighted by atomic mass is 35.5. The maximum atomic E-state index is 13.6. The predicted molar refractivity (Wildman–Crippen MR) is 107 cm³/mol. The van der Waals surface area contributed by atoms with E-state index < -0.39 is 29.2 Å². The van der Waals surface area contributed by atoms with Crippen molar-refractivity contribution in [3.63, 3.8) is 0 Å². The summed E-state index contributed by atoms with van der Waals surface area (Å²) in [5, 5.41) is 4.54. The van der Waals surface area contributed by atoms with Gasteiger partial charge >= 0.3 is 5.97 Å². The summed E-state index contributed by atoms with van der Waals surface area (Å²) >= 11 is 5.94. The summed E-state index contributed by atoms with van der Waals surface area (Å²) in [6.45, 7) is 3.71. The van der Waals surface area contributed by atoms with Crippen molar-refractivity contribution in [2.75, 3.05) is 11.5 Å². The van der Waals surface area contributed by atoms with Gasteiger partial charge in [0.1, 0.15) is 5.92 Å². The number of hydrogen-bond acceptors (Lipinski definition) is 6. The van der Waals surface area contributed by atoms with E-state index in [0.29, 0.717) is 16.3 Å². The van der Waals surface area contributed by atoms with Crippen LogP contribution in [0.4, 0.5) is 5.69 Å². The van der Waals surface area contributed by atoms with Crippen molar-refractivity contribution >= 4 is 40.8 Å². The topological polar surface area (TPSA) is 88.1 Å². The summed E-state index contributed by atoms with van der Waals surface area (Å²) in [5.41, 5.74) is 3.10. The number of nitrogens with zero attached hydrogens (tertiary/aromatic N) is 2. The molecule has 7 nitrogen and oxygen atoms in total. The number of nitrogens with one attached hydrogen (secondary N) is 1. The largest absolute Gasteiger partial charge is 0.461 e. The Morgan fingerprint density at radius 3 is 2.45 bits per heavy atom. The zero-order chi connectivity index (χ0) is 20.8. The molecule has 2 heterocycles. The Morgan fingerprint density at radius 2 is 1.83 bits per heavy atom. The van der Waals surface area contributed by atoms with Crippen LogP contribution in [0.25, 0.3) is 0 Å². The molecule has 4 rings (SSSR count). The number of imide groups is 1. The third-order valence-electron chi connectivity index (χ3n) is 5.14. The maximum absolute atomic E-state index is 13.6. The molecule has 0 spiro atoms. The molecule has 2 atom stereocenters. The fourth-order valence-corrected chi connectivity index (χ4v) is 3.86. The number of benzene rings is 2. The minimum Gasteiger partial charge on any atom is -0.461 e. The summed E-state index contributed by atoms with van der Waals surface area (Å²) in [6, 6.07) is 13.6. The van der Waals surface area contributed by atoms with E-state index in [9.17, 15) is 14.4 Å². The molecule has 2 amide bonds. The van der Waals surface area contributed by atoms with Crippen molar-refractivity contribution in [1.29, 1.82) is 0 Å². The molecule has 8 heteroatoms. The smallest absolute Gasteiger partial charge is 0.355 e. The van der Waals surface area contributed by atoms with Crippen LogP contribution in [0.5, 0.6) is 0 Å². The molecule has 2 aliphatic heterocycles. The number of anilines is 1. The van der Waals surface area contributed by atoms with Crippen molar-refractivity contribution in [3.8, 4) is 0 Å². The number of aryl methyl sites for hydroxylation is 1. The fraction of sp³-hybridized carbons (Fsp3) is 0.238. The van der Waals surface area contributed by atoms with Crippen molar-refractivity contribution in [1.82, 2.24) is 5.43 Å². The van der Waals surface area contributed by atoms with Gasteiger partial charge in [-0.3, -0.25) is 15.0 Å². The molecular weight excluding hydrogens is 394 g/mol. The average Bonchev–Trinajstić information content (AvgIpc) is 3.20. The lowest BCUT2D eigenvalue weighted by molar-refractivity contribution is -0.136. The normalized spacial score (nSPS) is 22.9. The van der Waals surface area contributed by atoms with Gasteiger partial charge in [-0.2, -0.15) is 5.10 Å². The zero-order valence-corrected chi connectivity index (χ0v) is 16.6. The third-order valence-corrected chi connectivity index (χ3v) is 5.40. The summed E-state index contributed by atoms with van der Waals surface area (Å²) in [6.07, 6.45) is 0. The van der Waals surface area contributed by atoms with Crippen LogP contribution < -0.4 is 10.3 Å². The van der Waals surface area contributed by atoms with Gasteiger partial charge in [0.05, 0.1) is 12.3 Å². The first-order chi connectivity index (χ1) is 13.9. The second-order valence-corrected chi connectivity index (χ2v) is 7.33. The molecule has 0 radical (unpaired) electrons. The van der Waals surface area contributed by atoms with Crippen molar-refractivity contribution in [3.05, 3.63) is 64.7 Å². The molecule has 2 aromatic carbocycles. The van der Waals surface area contributed by atoms with Gasteiger partial charge in [-0.25, -0.2) is 9.69 Å². The molecular formula is C21H18ClN3O4. The lowest BCUT2D eigenvalue weighted by Gasteiger charge is -2.26. The number of fused-ring (bicyclic) bond motifs is 1. The van der Waals surface area contributed by atoms with Crippen molar-refractivity contribution < 1.29 is 19.1 Å². The monoisotopic (exact) mass is 411 g/mol. The summed E-state index contributed by atoms with van der Waals surface area (Å²) in [5.74, 6) is -2.91. The average molecular weight is 412 g/mol. The Morgan fingerprint density at radius 1 is 1.17 bits per heavy atom. The van der Waals surface area contributed by atoms with E-state index in [4.69, 9.17) is 16.3 Å². The third kappa shape index (κ3) is 2.81. The minimum absolute atomic E-state index is 0.109. The molecule has 148 valence electrons. The van der Waals surface area contributed by atoms with Crippen LogP contribution in [0.1, 0.15) is 18.1 Å². The molecule has 29 heavy (non-hydrogen) atoms. The quantitative estimate of drug-likeness (QED) is 0.617. The molecule has 1 saturated heterocycles. The number of hydrogen-bond donors (Lipinski definition) is 1. The summed E-state index contributed by atoms with van der Waals surface area (Å²) < 4.78 is 5.07. The van der Waals surface area contributed by atoms with Gasteiger partial charge in [-0.15, -0.1) is 0 Å². The fourth-order valence-electron chi connectivity index (χ4n) is 3.74. The van der Waals surface area contributed by atoms with E-state index in [0.717, 1.165) is 10.5 Å². The molecule has 0 unspecified atom stereocenters. The number of halogens is 1. The first-order valence-electron chi connectivity index (χ1n) is 9.13. The van der Waals surface area contributed by atoms with Crippen molar-refractivity contribution in [2.45, 2.75) is 19.4 Å². The SMILES string of the molecule is CCOC(=O)C1=NN[C@@]2(c3ccc(C)cc3)C(=O)N(c3ccc(Cl)cc3)C(=O)[C@H]12. The Bertz CT molecular complexity index is 1030.